The number of halogens is 1. The minimum Gasteiger partial charge on any atom is -0.398 e. The van der Waals surface area contributed by atoms with Crippen molar-refractivity contribution in [1.29, 1.82) is 0 Å². The fourth-order valence-corrected chi connectivity index (χ4v) is 4.24. The van der Waals surface area contributed by atoms with Crippen LogP contribution in [-0.4, -0.2) is 30.2 Å². The smallest absolute Gasteiger partial charge is 0.272 e. The first-order valence-corrected chi connectivity index (χ1v) is 10.6. The Morgan fingerprint density at radius 2 is 1.82 bits per heavy atom. The van der Waals surface area contributed by atoms with Crippen LogP contribution in [0.4, 0.5) is 15.8 Å². The Bertz CT molecular complexity index is 1330. The van der Waals surface area contributed by atoms with E-state index in [-0.39, 0.29) is 11.5 Å². The van der Waals surface area contributed by atoms with Crippen molar-refractivity contribution in [3.05, 3.63) is 101 Å². The number of nitrogens with one attached hydrogen (secondary N) is 1. The lowest BCUT2D eigenvalue weighted by Gasteiger charge is -2.20. The minimum absolute atomic E-state index is 0.277. The first kappa shape index (κ1) is 20.6. The van der Waals surface area contributed by atoms with Crippen molar-refractivity contribution in [3.63, 3.8) is 0 Å². The number of nitrogens with two attached hydrogens (primary N) is 1. The summed E-state index contributed by atoms with van der Waals surface area (Å²) in [4.78, 5) is 32.2. The van der Waals surface area contributed by atoms with Gasteiger partial charge in [-0.1, -0.05) is 48.5 Å². The summed E-state index contributed by atoms with van der Waals surface area (Å²) in [7, 11) is 0. The zero-order valence-electron chi connectivity index (χ0n) is 17.7. The normalized spacial score (nSPS) is 17.0. The van der Waals surface area contributed by atoms with E-state index in [1.807, 2.05) is 24.3 Å². The van der Waals surface area contributed by atoms with Gasteiger partial charge in [-0.05, 0) is 41.8 Å². The number of nitrogens with zero attached hydrogens (tertiary/aromatic N) is 2. The number of hydrogen-bond acceptors (Lipinski definition) is 4. The minimum atomic E-state index is -1.19. The van der Waals surface area contributed by atoms with Crippen LogP contribution < -0.4 is 16.0 Å². The highest BCUT2D eigenvalue weighted by Gasteiger charge is 2.37. The van der Waals surface area contributed by atoms with Crippen LogP contribution in [0, 0.1) is 5.82 Å². The molecular formula is C26H21FN4O2. The molecule has 0 bridgehead atoms. The molecule has 0 fully saturated rings. The molecule has 0 aliphatic carbocycles. The average molecular weight is 440 g/mol. The molecule has 0 radical (unpaired) electrons. The number of rotatable bonds is 4. The maximum absolute atomic E-state index is 14.8. The molecule has 2 amide bonds. The van der Waals surface area contributed by atoms with Gasteiger partial charge in [0, 0.05) is 29.4 Å². The van der Waals surface area contributed by atoms with Gasteiger partial charge in [0.2, 0.25) is 12.1 Å². The molecule has 164 valence electrons. The van der Waals surface area contributed by atoms with Gasteiger partial charge in [0.15, 0.2) is 0 Å². The predicted octanol–water partition coefficient (Wildman–Crippen LogP) is 3.30. The Balaban J connectivity index is 1.54. The molecule has 7 heteroatoms. The average Bonchev–Trinajstić information content (AvgIpc) is 3.21. The van der Waals surface area contributed by atoms with Crippen molar-refractivity contribution in [3.8, 4) is 0 Å². The van der Waals surface area contributed by atoms with Gasteiger partial charge in [0.1, 0.15) is 5.82 Å². The molecule has 2 aliphatic rings. The molecule has 2 heterocycles. The van der Waals surface area contributed by atoms with Crippen LogP contribution in [0.2, 0.25) is 0 Å². The summed E-state index contributed by atoms with van der Waals surface area (Å²) >= 11 is 0. The van der Waals surface area contributed by atoms with Crippen LogP contribution in [0.25, 0.3) is 6.08 Å². The second kappa shape index (κ2) is 8.35. The molecule has 1 atom stereocenters. The lowest BCUT2D eigenvalue weighted by molar-refractivity contribution is -0.125. The Kier molecular flexibility index (Phi) is 5.22. The second-order valence-corrected chi connectivity index (χ2v) is 7.88. The number of hydrogen-bond donors (Lipinski definition) is 2. The summed E-state index contributed by atoms with van der Waals surface area (Å²) in [5.74, 6) is -1.30. The third-order valence-electron chi connectivity index (χ3n) is 5.83. The molecule has 3 aromatic carbocycles. The zero-order valence-corrected chi connectivity index (χ0v) is 17.7. The fraction of sp³-hybridized carbons (Fsp3) is 0.115. The second-order valence-electron chi connectivity index (χ2n) is 7.88. The summed E-state index contributed by atoms with van der Waals surface area (Å²) in [5.41, 5.74) is 10.2. The van der Waals surface area contributed by atoms with Crippen molar-refractivity contribution in [2.45, 2.75) is 12.6 Å². The van der Waals surface area contributed by atoms with Crippen molar-refractivity contribution in [2.24, 2.45) is 4.99 Å². The van der Waals surface area contributed by atoms with Gasteiger partial charge in [-0.2, -0.15) is 0 Å². The van der Waals surface area contributed by atoms with E-state index < -0.39 is 17.9 Å². The Labute approximate surface area is 190 Å². The number of aliphatic imine (C=N–C) groups is 1. The molecule has 0 spiro atoms. The van der Waals surface area contributed by atoms with Gasteiger partial charge in [0.05, 0.1) is 11.4 Å². The number of carbonyl (C=O) groups excluding carboxylic acids is 2. The lowest BCUT2D eigenvalue weighted by Crippen LogP contribution is -2.46. The molecular weight excluding hydrogens is 419 g/mol. The summed E-state index contributed by atoms with van der Waals surface area (Å²) < 4.78 is 14.8. The van der Waals surface area contributed by atoms with Gasteiger partial charge in [-0.25, -0.2) is 9.38 Å². The van der Waals surface area contributed by atoms with Crippen LogP contribution in [-0.2, 0) is 16.0 Å². The number of carbonyl (C=O) groups is 2. The largest absolute Gasteiger partial charge is 0.398 e. The molecule has 3 aromatic rings. The summed E-state index contributed by atoms with van der Waals surface area (Å²) in [6, 6.07) is 19.1. The van der Waals surface area contributed by atoms with Crippen LogP contribution in [0.3, 0.4) is 0 Å². The van der Waals surface area contributed by atoms with Gasteiger partial charge in [-0.3, -0.25) is 9.59 Å². The van der Waals surface area contributed by atoms with Gasteiger partial charge < -0.3 is 16.0 Å². The third-order valence-corrected chi connectivity index (χ3v) is 5.83. The molecule has 0 saturated carbocycles. The summed E-state index contributed by atoms with van der Waals surface area (Å²) in [6.07, 6.45) is 2.39. The van der Waals surface area contributed by atoms with E-state index in [4.69, 9.17) is 5.73 Å². The lowest BCUT2D eigenvalue weighted by atomic mass is 9.98. The molecule has 0 unspecified atom stereocenters. The Morgan fingerprint density at radius 3 is 2.64 bits per heavy atom. The van der Waals surface area contributed by atoms with Crippen LogP contribution in [0.5, 0.6) is 0 Å². The van der Waals surface area contributed by atoms with Crippen molar-refractivity contribution in [1.82, 2.24) is 5.32 Å². The van der Waals surface area contributed by atoms with E-state index in [1.165, 1.54) is 12.1 Å². The SMILES string of the molecule is Nc1ccccc1C=CC(=O)N[C@H]1N=C(c2ccccc2F)c2cccc3c2N(CC3)C1=O. The number of anilines is 2. The maximum Gasteiger partial charge on any atom is 0.272 e. The van der Waals surface area contributed by atoms with E-state index in [2.05, 4.69) is 10.3 Å². The van der Waals surface area contributed by atoms with Crippen molar-refractivity contribution in [2.75, 3.05) is 17.2 Å². The zero-order chi connectivity index (χ0) is 22.9. The number of benzene rings is 3. The highest BCUT2D eigenvalue weighted by Crippen LogP contribution is 2.36. The standard InChI is InChI=1S/C26H21FN4O2/c27-20-10-3-2-8-18(20)23-19-9-5-7-17-14-15-31(24(17)19)26(33)25(30-23)29-22(32)13-12-16-6-1-4-11-21(16)28/h1-13,25H,14-15,28H2,(H,29,32)/t25-/m0/s1. The number of para-hydroxylation sites is 2. The summed E-state index contributed by atoms with van der Waals surface area (Å²) in [6.45, 7) is 0.480. The predicted molar refractivity (Wildman–Crippen MR) is 126 cm³/mol. The third kappa shape index (κ3) is 3.78. The van der Waals surface area contributed by atoms with E-state index >= 15 is 0 Å². The molecule has 6 nitrogen and oxygen atoms in total. The quantitative estimate of drug-likeness (QED) is 0.482. The van der Waals surface area contributed by atoms with Gasteiger partial charge in [-0.15, -0.1) is 0 Å². The van der Waals surface area contributed by atoms with Gasteiger partial charge >= 0.3 is 0 Å². The molecule has 0 aromatic heterocycles. The number of nitrogen functional groups attached to an aromatic ring is 1. The van der Waals surface area contributed by atoms with E-state index in [1.54, 1.807) is 47.4 Å². The Morgan fingerprint density at radius 1 is 1.06 bits per heavy atom. The van der Waals surface area contributed by atoms with Crippen molar-refractivity contribution < 1.29 is 14.0 Å². The highest BCUT2D eigenvalue weighted by molar-refractivity contribution is 6.21. The van der Waals surface area contributed by atoms with Crippen molar-refractivity contribution >= 4 is 35.0 Å². The van der Waals surface area contributed by atoms with Crippen LogP contribution >= 0.6 is 0 Å². The molecule has 5 rings (SSSR count). The van der Waals surface area contributed by atoms with E-state index in [0.29, 0.717) is 35.5 Å². The molecule has 33 heavy (non-hydrogen) atoms. The first-order valence-electron chi connectivity index (χ1n) is 10.6. The molecule has 3 N–H and O–H groups in total. The first-order chi connectivity index (χ1) is 16.0. The summed E-state index contributed by atoms with van der Waals surface area (Å²) in [5, 5.41) is 2.67. The fourth-order valence-electron chi connectivity index (χ4n) is 4.24. The van der Waals surface area contributed by atoms with E-state index in [9.17, 15) is 14.0 Å². The highest BCUT2D eigenvalue weighted by atomic mass is 19.1. The van der Waals surface area contributed by atoms with E-state index in [0.717, 1.165) is 11.3 Å². The maximum atomic E-state index is 14.8. The molecule has 2 aliphatic heterocycles. The topological polar surface area (TPSA) is 87.8 Å². The monoisotopic (exact) mass is 440 g/mol. The number of amides is 2. The van der Waals surface area contributed by atoms with Crippen LogP contribution in [0.1, 0.15) is 22.3 Å². The Hall–Kier alpha value is -4.26. The van der Waals surface area contributed by atoms with Gasteiger partial charge in [0.25, 0.3) is 5.91 Å². The van der Waals surface area contributed by atoms with Crippen LogP contribution in [0.15, 0.2) is 77.8 Å². The molecule has 0 saturated heterocycles.